The van der Waals surface area contributed by atoms with Crippen molar-refractivity contribution in [3.63, 3.8) is 0 Å². The molecule has 4 N–H and O–H groups in total. The first kappa shape index (κ1) is 19.2. The highest BCUT2D eigenvalue weighted by atomic mass is 19.1. The number of hydrogen-bond donors (Lipinski definition) is 3. The van der Waals surface area contributed by atoms with Crippen molar-refractivity contribution in [1.29, 1.82) is 0 Å². The van der Waals surface area contributed by atoms with Crippen LogP contribution < -0.4 is 21.1 Å². The number of rotatable bonds is 9. The zero-order valence-corrected chi connectivity index (χ0v) is 14.3. The summed E-state index contributed by atoms with van der Waals surface area (Å²) in [7, 11) is 0. The minimum Gasteiger partial charge on any atom is -0.489 e. The van der Waals surface area contributed by atoms with Crippen LogP contribution in [0, 0.1) is 5.82 Å². The van der Waals surface area contributed by atoms with Gasteiger partial charge in [0.2, 0.25) is 5.91 Å². The van der Waals surface area contributed by atoms with Gasteiger partial charge in [-0.25, -0.2) is 9.18 Å². The van der Waals surface area contributed by atoms with Crippen molar-refractivity contribution in [3.05, 3.63) is 59.9 Å². The first-order chi connectivity index (χ1) is 12.5. The summed E-state index contributed by atoms with van der Waals surface area (Å²) in [5.41, 5.74) is 6.45. The summed E-state index contributed by atoms with van der Waals surface area (Å²) in [5, 5.41) is 5.28. The summed E-state index contributed by atoms with van der Waals surface area (Å²) in [4.78, 5) is 22.5. The molecule has 6 nitrogen and oxygen atoms in total. The Morgan fingerprint density at radius 2 is 1.85 bits per heavy atom. The van der Waals surface area contributed by atoms with Gasteiger partial charge < -0.3 is 21.1 Å². The maximum absolute atomic E-state index is 12.9. The maximum atomic E-state index is 12.9. The standard InChI is InChI=1S/C19H22FN3O3/c20-15-9-7-14(8-10-15)13-26-17-5-3-4-16(12-17)23-18(24)6-1-2-11-22-19(21)25/h3-5,7-10,12H,1-2,6,11,13H2,(H,23,24)(H3,21,22,25). The molecule has 0 saturated heterocycles. The number of nitrogens with one attached hydrogen (secondary N) is 2. The molecule has 0 fully saturated rings. The van der Waals surface area contributed by atoms with Gasteiger partial charge in [0.25, 0.3) is 0 Å². The SMILES string of the molecule is NC(=O)NCCCCC(=O)Nc1cccc(OCc2ccc(F)cc2)c1. The van der Waals surface area contributed by atoms with Gasteiger partial charge in [0.1, 0.15) is 18.2 Å². The summed E-state index contributed by atoms with van der Waals surface area (Å²) in [6.45, 7) is 0.764. The topological polar surface area (TPSA) is 93.5 Å². The van der Waals surface area contributed by atoms with Gasteiger partial charge in [-0.15, -0.1) is 0 Å². The predicted molar refractivity (Wildman–Crippen MR) is 97.2 cm³/mol. The van der Waals surface area contributed by atoms with Crippen molar-refractivity contribution < 1.29 is 18.7 Å². The van der Waals surface area contributed by atoms with Crippen molar-refractivity contribution in [2.45, 2.75) is 25.9 Å². The van der Waals surface area contributed by atoms with Gasteiger partial charge in [0.15, 0.2) is 0 Å². The highest BCUT2D eigenvalue weighted by Gasteiger charge is 2.04. The molecule has 0 aromatic heterocycles. The monoisotopic (exact) mass is 359 g/mol. The molecule has 0 bridgehead atoms. The molecule has 0 spiro atoms. The minimum atomic E-state index is -0.563. The Balaban J connectivity index is 1.76. The van der Waals surface area contributed by atoms with E-state index in [1.54, 1.807) is 36.4 Å². The van der Waals surface area contributed by atoms with Crippen molar-refractivity contribution >= 4 is 17.6 Å². The van der Waals surface area contributed by atoms with Crippen molar-refractivity contribution in [2.75, 3.05) is 11.9 Å². The van der Waals surface area contributed by atoms with Gasteiger partial charge in [-0.05, 0) is 42.7 Å². The van der Waals surface area contributed by atoms with E-state index < -0.39 is 6.03 Å². The molecule has 2 aromatic carbocycles. The van der Waals surface area contributed by atoms with E-state index in [2.05, 4.69) is 10.6 Å². The third-order valence-electron chi connectivity index (χ3n) is 3.57. The molecular formula is C19H22FN3O3. The quantitative estimate of drug-likeness (QED) is 0.600. The highest BCUT2D eigenvalue weighted by Crippen LogP contribution is 2.19. The Kier molecular flexibility index (Phi) is 7.42. The van der Waals surface area contributed by atoms with Crippen LogP contribution >= 0.6 is 0 Å². The van der Waals surface area contributed by atoms with Gasteiger partial charge in [-0.2, -0.15) is 0 Å². The summed E-state index contributed by atoms with van der Waals surface area (Å²) in [6, 6.07) is 12.6. The number of ether oxygens (including phenoxy) is 1. The molecule has 0 radical (unpaired) electrons. The van der Waals surface area contributed by atoms with E-state index in [1.165, 1.54) is 12.1 Å². The first-order valence-corrected chi connectivity index (χ1v) is 8.33. The molecule has 26 heavy (non-hydrogen) atoms. The van der Waals surface area contributed by atoms with E-state index in [0.29, 0.717) is 43.9 Å². The van der Waals surface area contributed by atoms with Gasteiger partial charge in [0.05, 0.1) is 0 Å². The second-order valence-electron chi connectivity index (χ2n) is 5.74. The van der Waals surface area contributed by atoms with Crippen LogP contribution in [0.15, 0.2) is 48.5 Å². The van der Waals surface area contributed by atoms with Gasteiger partial charge in [-0.1, -0.05) is 18.2 Å². The summed E-state index contributed by atoms with van der Waals surface area (Å²) >= 11 is 0. The van der Waals surface area contributed by atoms with E-state index in [9.17, 15) is 14.0 Å². The number of carbonyl (C=O) groups excluding carboxylic acids is 2. The Morgan fingerprint density at radius 3 is 2.58 bits per heavy atom. The van der Waals surface area contributed by atoms with Crippen LogP contribution in [0.2, 0.25) is 0 Å². The number of benzene rings is 2. The molecule has 3 amide bonds. The zero-order chi connectivity index (χ0) is 18.8. The first-order valence-electron chi connectivity index (χ1n) is 8.33. The number of halogens is 1. The molecule has 0 saturated carbocycles. The van der Waals surface area contributed by atoms with Crippen molar-refractivity contribution in [3.8, 4) is 5.75 Å². The predicted octanol–water partition coefficient (Wildman–Crippen LogP) is 3.18. The molecule has 7 heteroatoms. The van der Waals surface area contributed by atoms with Crippen molar-refractivity contribution in [2.24, 2.45) is 5.73 Å². The Bertz CT molecular complexity index is 735. The Labute approximate surface area is 151 Å². The molecule has 138 valence electrons. The smallest absolute Gasteiger partial charge is 0.312 e. The molecule has 0 heterocycles. The molecule has 0 aliphatic rings. The number of anilines is 1. The largest absolute Gasteiger partial charge is 0.489 e. The van der Waals surface area contributed by atoms with Crippen LogP contribution in [0.4, 0.5) is 14.9 Å². The Hall–Kier alpha value is -3.09. The minimum absolute atomic E-state index is 0.111. The van der Waals surface area contributed by atoms with Crippen LogP contribution in [0.5, 0.6) is 5.75 Å². The lowest BCUT2D eigenvalue weighted by molar-refractivity contribution is -0.116. The molecule has 0 aliphatic heterocycles. The lowest BCUT2D eigenvalue weighted by atomic mass is 10.2. The van der Waals surface area contributed by atoms with Crippen LogP contribution in [-0.4, -0.2) is 18.5 Å². The fourth-order valence-electron chi connectivity index (χ4n) is 2.26. The normalized spacial score (nSPS) is 10.2. The zero-order valence-electron chi connectivity index (χ0n) is 14.3. The van der Waals surface area contributed by atoms with E-state index in [4.69, 9.17) is 10.5 Å². The summed E-state index contributed by atoms with van der Waals surface area (Å²) < 4.78 is 18.5. The average molecular weight is 359 g/mol. The lowest BCUT2D eigenvalue weighted by Crippen LogP contribution is -2.30. The number of nitrogens with two attached hydrogens (primary N) is 1. The van der Waals surface area contributed by atoms with Gasteiger partial charge in [-0.3, -0.25) is 4.79 Å². The van der Waals surface area contributed by atoms with Gasteiger partial charge in [0, 0.05) is 24.7 Å². The van der Waals surface area contributed by atoms with Crippen LogP contribution in [-0.2, 0) is 11.4 Å². The average Bonchev–Trinajstić information content (AvgIpc) is 2.61. The van der Waals surface area contributed by atoms with Gasteiger partial charge >= 0.3 is 6.03 Å². The highest BCUT2D eigenvalue weighted by molar-refractivity contribution is 5.90. The van der Waals surface area contributed by atoms with Crippen LogP contribution in [0.25, 0.3) is 0 Å². The summed E-state index contributed by atoms with van der Waals surface area (Å²) in [6.07, 6.45) is 1.67. The van der Waals surface area contributed by atoms with E-state index in [-0.39, 0.29) is 11.7 Å². The Morgan fingerprint density at radius 1 is 1.08 bits per heavy atom. The third-order valence-corrected chi connectivity index (χ3v) is 3.57. The number of hydrogen-bond acceptors (Lipinski definition) is 3. The number of primary amides is 1. The van der Waals surface area contributed by atoms with E-state index in [1.807, 2.05) is 0 Å². The van der Waals surface area contributed by atoms with Crippen molar-refractivity contribution in [1.82, 2.24) is 5.32 Å². The van der Waals surface area contributed by atoms with E-state index in [0.717, 1.165) is 5.56 Å². The molecule has 0 aliphatic carbocycles. The molecule has 0 atom stereocenters. The number of amides is 3. The lowest BCUT2D eigenvalue weighted by Gasteiger charge is -2.09. The molecule has 2 rings (SSSR count). The third kappa shape index (κ3) is 7.21. The fraction of sp³-hybridized carbons (Fsp3) is 0.263. The van der Waals surface area contributed by atoms with Crippen LogP contribution in [0.1, 0.15) is 24.8 Å². The number of unbranched alkanes of at least 4 members (excludes halogenated alkanes) is 1. The maximum Gasteiger partial charge on any atom is 0.312 e. The fourth-order valence-corrected chi connectivity index (χ4v) is 2.26. The second kappa shape index (κ2) is 10.0. The summed E-state index contributed by atoms with van der Waals surface area (Å²) in [5.74, 6) is 0.210. The molecule has 0 unspecified atom stereocenters. The van der Waals surface area contributed by atoms with E-state index >= 15 is 0 Å². The van der Waals surface area contributed by atoms with Crippen LogP contribution in [0.3, 0.4) is 0 Å². The molecule has 2 aromatic rings. The number of urea groups is 1. The second-order valence-corrected chi connectivity index (χ2v) is 5.74. The number of carbonyl (C=O) groups is 2. The molecular weight excluding hydrogens is 337 g/mol.